The maximum atomic E-state index is 13.3. The first-order valence-corrected chi connectivity index (χ1v) is 11.8. The van der Waals surface area contributed by atoms with Crippen LogP contribution in [0, 0.1) is 5.82 Å². The Morgan fingerprint density at radius 1 is 1.03 bits per heavy atom. The first-order valence-electron chi connectivity index (χ1n) is 10.9. The number of carboxylic acid groups (broad SMARTS) is 1. The van der Waals surface area contributed by atoms with Gasteiger partial charge in [0.1, 0.15) is 11.1 Å². The Kier molecular flexibility index (Phi) is 7.57. The summed E-state index contributed by atoms with van der Waals surface area (Å²) in [6, 6.07) is 21.2. The van der Waals surface area contributed by atoms with Gasteiger partial charge in [0.15, 0.2) is 5.17 Å². The summed E-state index contributed by atoms with van der Waals surface area (Å²) in [6.07, 6.45) is 0.669. The average molecular weight is 492 g/mol. The standard InChI is InChI=1S/C26H22FN3O4S/c27-19-8-10-20(11-9-19)29-26(28-15-14-17-4-2-1-3-5-17)35-22-16-23(31)30(24(22)32)21-12-6-18(7-13-21)25(33)34/h1-13,22H,14-16H2,(H,28,29)(H,33,34)/t22-/m1/s1. The predicted octanol–water partition coefficient (Wildman–Crippen LogP) is 4.60. The van der Waals surface area contributed by atoms with Crippen LogP contribution in [-0.4, -0.2) is 39.9 Å². The summed E-state index contributed by atoms with van der Waals surface area (Å²) in [7, 11) is 0. The summed E-state index contributed by atoms with van der Waals surface area (Å²) in [5, 5.41) is 11.9. The van der Waals surface area contributed by atoms with Gasteiger partial charge in [0.2, 0.25) is 11.8 Å². The second-order valence-electron chi connectivity index (χ2n) is 7.78. The molecule has 1 aliphatic heterocycles. The van der Waals surface area contributed by atoms with Crippen LogP contribution in [-0.2, 0) is 16.0 Å². The van der Waals surface area contributed by atoms with Gasteiger partial charge in [0.25, 0.3) is 0 Å². The Morgan fingerprint density at radius 3 is 2.37 bits per heavy atom. The lowest BCUT2D eigenvalue weighted by molar-refractivity contribution is -0.121. The Labute approximate surface area is 205 Å². The van der Waals surface area contributed by atoms with Crippen LogP contribution >= 0.6 is 11.8 Å². The summed E-state index contributed by atoms with van der Waals surface area (Å²) in [6.45, 7) is 0.454. The van der Waals surface area contributed by atoms with E-state index in [1.165, 1.54) is 36.4 Å². The van der Waals surface area contributed by atoms with Gasteiger partial charge in [-0.1, -0.05) is 42.1 Å². The molecular weight excluding hydrogens is 469 g/mol. The molecule has 1 saturated heterocycles. The van der Waals surface area contributed by atoms with E-state index in [4.69, 9.17) is 5.11 Å². The first kappa shape index (κ1) is 24.2. The number of aliphatic imine (C=N–C) groups is 1. The zero-order valence-corrected chi connectivity index (χ0v) is 19.4. The molecule has 0 spiro atoms. The Morgan fingerprint density at radius 2 is 1.71 bits per heavy atom. The molecule has 1 aliphatic rings. The van der Waals surface area contributed by atoms with Crippen molar-refractivity contribution in [2.24, 2.45) is 4.99 Å². The van der Waals surface area contributed by atoms with Crippen molar-refractivity contribution in [3.8, 4) is 0 Å². The number of anilines is 2. The predicted molar refractivity (Wildman–Crippen MR) is 134 cm³/mol. The smallest absolute Gasteiger partial charge is 0.335 e. The molecular formula is C26H22FN3O4S. The van der Waals surface area contributed by atoms with E-state index < -0.39 is 17.1 Å². The average Bonchev–Trinajstić information content (AvgIpc) is 3.13. The summed E-state index contributed by atoms with van der Waals surface area (Å²) < 4.78 is 13.3. The van der Waals surface area contributed by atoms with Gasteiger partial charge in [-0.3, -0.25) is 14.6 Å². The largest absolute Gasteiger partial charge is 0.478 e. The lowest BCUT2D eigenvalue weighted by Crippen LogP contribution is -2.31. The summed E-state index contributed by atoms with van der Waals surface area (Å²) in [5.74, 6) is -2.24. The highest BCUT2D eigenvalue weighted by molar-refractivity contribution is 8.15. The number of benzene rings is 3. The number of rotatable bonds is 7. The number of aromatic carboxylic acids is 1. The fourth-order valence-electron chi connectivity index (χ4n) is 3.55. The van der Waals surface area contributed by atoms with E-state index in [0.717, 1.165) is 22.2 Å². The van der Waals surface area contributed by atoms with E-state index in [1.807, 2.05) is 30.3 Å². The summed E-state index contributed by atoms with van der Waals surface area (Å²) in [5.41, 5.74) is 2.11. The van der Waals surface area contributed by atoms with Crippen molar-refractivity contribution in [3.05, 3.63) is 95.8 Å². The monoisotopic (exact) mass is 491 g/mol. The van der Waals surface area contributed by atoms with Crippen LogP contribution in [0.3, 0.4) is 0 Å². The normalized spacial score (nSPS) is 16.0. The first-order chi connectivity index (χ1) is 16.9. The molecule has 178 valence electrons. The zero-order valence-electron chi connectivity index (χ0n) is 18.6. The lowest BCUT2D eigenvalue weighted by atomic mass is 10.2. The van der Waals surface area contributed by atoms with Crippen molar-refractivity contribution in [3.63, 3.8) is 0 Å². The fraction of sp³-hybridized carbons (Fsp3) is 0.154. The molecule has 7 nitrogen and oxygen atoms in total. The Bertz CT molecular complexity index is 1250. The second kappa shape index (κ2) is 11.0. The minimum Gasteiger partial charge on any atom is -0.478 e. The molecule has 3 aromatic carbocycles. The van der Waals surface area contributed by atoms with Crippen molar-refractivity contribution in [2.45, 2.75) is 18.1 Å². The lowest BCUT2D eigenvalue weighted by Gasteiger charge is -2.16. The summed E-state index contributed by atoms with van der Waals surface area (Å²) in [4.78, 5) is 42.5. The number of halogens is 1. The third kappa shape index (κ3) is 6.13. The number of amides is 2. The van der Waals surface area contributed by atoms with Gasteiger partial charge < -0.3 is 10.4 Å². The van der Waals surface area contributed by atoms with Crippen LogP contribution < -0.4 is 10.2 Å². The minimum absolute atomic E-state index is 0.0208. The molecule has 2 N–H and O–H groups in total. The van der Waals surface area contributed by atoms with E-state index >= 15 is 0 Å². The number of carbonyl (C=O) groups excluding carboxylic acids is 2. The van der Waals surface area contributed by atoms with Gasteiger partial charge in [-0.2, -0.15) is 0 Å². The molecule has 1 atom stereocenters. The third-order valence-corrected chi connectivity index (χ3v) is 6.43. The van der Waals surface area contributed by atoms with Crippen LogP contribution in [0.15, 0.2) is 83.9 Å². The van der Waals surface area contributed by atoms with Gasteiger partial charge in [-0.05, 0) is 60.5 Å². The number of hydrogen-bond acceptors (Lipinski definition) is 5. The minimum atomic E-state index is -1.09. The van der Waals surface area contributed by atoms with Crippen molar-refractivity contribution in [2.75, 3.05) is 16.8 Å². The highest BCUT2D eigenvalue weighted by atomic mass is 32.2. The molecule has 9 heteroatoms. The Balaban J connectivity index is 1.50. The van der Waals surface area contributed by atoms with Gasteiger partial charge in [0, 0.05) is 18.7 Å². The molecule has 0 unspecified atom stereocenters. The SMILES string of the molecule is O=C(O)c1ccc(N2C(=O)C[C@@H](SC(=NCCc3ccccc3)Nc3ccc(F)cc3)C2=O)cc1. The second-order valence-corrected chi connectivity index (χ2v) is 8.98. The molecule has 2 amide bonds. The van der Waals surface area contributed by atoms with Crippen molar-refractivity contribution >= 4 is 46.1 Å². The zero-order chi connectivity index (χ0) is 24.8. The number of carbonyl (C=O) groups is 3. The Hall–Kier alpha value is -3.98. The van der Waals surface area contributed by atoms with E-state index in [-0.39, 0.29) is 23.7 Å². The number of nitrogens with one attached hydrogen (secondary N) is 1. The van der Waals surface area contributed by atoms with Crippen molar-refractivity contribution in [1.29, 1.82) is 0 Å². The quantitative estimate of drug-likeness (QED) is 0.285. The van der Waals surface area contributed by atoms with Gasteiger partial charge in [-0.15, -0.1) is 0 Å². The number of hydrogen-bond donors (Lipinski definition) is 2. The molecule has 3 aromatic rings. The molecule has 1 fully saturated rings. The molecule has 1 heterocycles. The van der Waals surface area contributed by atoms with Crippen LogP contribution in [0.2, 0.25) is 0 Å². The molecule has 35 heavy (non-hydrogen) atoms. The van der Waals surface area contributed by atoms with Crippen LogP contribution in [0.1, 0.15) is 22.3 Å². The maximum Gasteiger partial charge on any atom is 0.335 e. The van der Waals surface area contributed by atoms with Gasteiger partial charge in [-0.25, -0.2) is 14.1 Å². The number of thioether (sulfide) groups is 1. The van der Waals surface area contributed by atoms with Crippen LogP contribution in [0.4, 0.5) is 15.8 Å². The topological polar surface area (TPSA) is 99.1 Å². The highest BCUT2D eigenvalue weighted by Crippen LogP contribution is 2.31. The van der Waals surface area contributed by atoms with E-state index in [9.17, 15) is 18.8 Å². The number of carboxylic acids is 1. The number of nitrogens with zero attached hydrogens (tertiary/aromatic N) is 2. The highest BCUT2D eigenvalue weighted by Gasteiger charge is 2.40. The van der Waals surface area contributed by atoms with E-state index in [2.05, 4.69) is 10.3 Å². The molecule has 0 saturated carbocycles. The molecule has 0 aliphatic carbocycles. The molecule has 0 radical (unpaired) electrons. The van der Waals surface area contributed by atoms with Crippen molar-refractivity contribution < 1.29 is 23.9 Å². The van der Waals surface area contributed by atoms with E-state index in [0.29, 0.717) is 29.5 Å². The molecule has 4 rings (SSSR count). The fourth-order valence-corrected chi connectivity index (χ4v) is 4.59. The number of amidine groups is 1. The van der Waals surface area contributed by atoms with Crippen molar-refractivity contribution in [1.82, 2.24) is 0 Å². The van der Waals surface area contributed by atoms with Crippen LogP contribution in [0.5, 0.6) is 0 Å². The number of imide groups is 1. The van der Waals surface area contributed by atoms with Crippen LogP contribution in [0.25, 0.3) is 0 Å². The maximum absolute atomic E-state index is 13.3. The van der Waals surface area contributed by atoms with E-state index in [1.54, 1.807) is 12.1 Å². The third-order valence-electron chi connectivity index (χ3n) is 5.33. The van der Waals surface area contributed by atoms with Gasteiger partial charge >= 0.3 is 5.97 Å². The molecule has 0 aromatic heterocycles. The van der Waals surface area contributed by atoms with Gasteiger partial charge in [0.05, 0.1) is 11.3 Å². The summed E-state index contributed by atoms with van der Waals surface area (Å²) >= 11 is 1.14. The molecule has 0 bridgehead atoms.